The first kappa shape index (κ1) is 9.49. The molecule has 0 amide bonds. The molecule has 0 aliphatic carbocycles. The molecule has 2 nitrogen and oxygen atoms in total. The lowest BCUT2D eigenvalue weighted by atomic mass is 10.1. The van der Waals surface area contributed by atoms with Crippen molar-refractivity contribution in [3.8, 4) is 5.75 Å². The summed E-state index contributed by atoms with van der Waals surface area (Å²) >= 11 is 1.61. The summed E-state index contributed by atoms with van der Waals surface area (Å²) in [6, 6.07) is 5.70. The smallest absolute Gasteiger partial charge is 0.133 e. The SMILES string of the molecule is CNCCc1csc2c(O)cccc12. The molecule has 74 valence electrons. The second kappa shape index (κ2) is 3.98. The normalized spacial score (nSPS) is 10.9. The summed E-state index contributed by atoms with van der Waals surface area (Å²) in [5.41, 5.74) is 1.32. The van der Waals surface area contributed by atoms with E-state index in [0.717, 1.165) is 17.7 Å². The van der Waals surface area contributed by atoms with E-state index < -0.39 is 0 Å². The van der Waals surface area contributed by atoms with E-state index in [-0.39, 0.29) is 0 Å². The monoisotopic (exact) mass is 207 g/mol. The van der Waals surface area contributed by atoms with Gasteiger partial charge in [0.1, 0.15) is 5.75 Å². The number of likely N-dealkylation sites (N-methyl/N-ethyl adjacent to an activating group) is 1. The Bertz CT molecular complexity index is 436. The number of phenolic OH excluding ortho intramolecular Hbond substituents is 1. The molecule has 0 spiro atoms. The Kier molecular flexibility index (Phi) is 2.70. The minimum Gasteiger partial charge on any atom is -0.506 e. The molecule has 1 aromatic carbocycles. The number of benzene rings is 1. The number of phenols is 1. The number of nitrogens with one attached hydrogen (secondary N) is 1. The molecular weight excluding hydrogens is 194 g/mol. The van der Waals surface area contributed by atoms with Crippen molar-refractivity contribution in [3.05, 3.63) is 29.1 Å². The van der Waals surface area contributed by atoms with Crippen LogP contribution in [0.25, 0.3) is 10.1 Å². The number of aromatic hydroxyl groups is 1. The summed E-state index contributed by atoms with van der Waals surface area (Å²) in [7, 11) is 1.95. The van der Waals surface area contributed by atoms with E-state index in [4.69, 9.17) is 0 Å². The fourth-order valence-electron chi connectivity index (χ4n) is 1.55. The molecule has 3 heteroatoms. The van der Waals surface area contributed by atoms with Crippen LogP contribution in [0.1, 0.15) is 5.56 Å². The fraction of sp³-hybridized carbons (Fsp3) is 0.273. The summed E-state index contributed by atoms with van der Waals surface area (Å²) in [4.78, 5) is 0. The maximum atomic E-state index is 9.60. The molecule has 2 rings (SSSR count). The van der Waals surface area contributed by atoms with Gasteiger partial charge in [-0.05, 0) is 42.4 Å². The predicted molar refractivity (Wildman–Crippen MR) is 61.1 cm³/mol. The van der Waals surface area contributed by atoms with Gasteiger partial charge in [-0.25, -0.2) is 0 Å². The van der Waals surface area contributed by atoms with Gasteiger partial charge < -0.3 is 10.4 Å². The van der Waals surface area contributed by atoms with Crippen molar-refractivity contribution in [2.45, 2.75) is 6.42 Å². The Labute approximate surface area is 87.2 Å². The molecule has 0 atom stereocenters. The van der Waals surface area contributed by atoms with Crippen LogP contribution in [0.5, 0.6) is 5.75 Å². The van der Waals surface area contributed by atoms with E-state index in [9.17, 15) is 5.11 Å². The van der Waals surface area contributed by atoms with Crippen molar-refractivity contribution >= 4 is 21.4 Å². The van der Waals surface area contributed by atoms with E-state index in [0.29, 0.717) is 5.75 Å². The van der Waals surface area contributed by atoms with E-state index in [1.54, 1.807) is 17.4 Å². The van der Waals surface area contributed by atoms with Crippen LogP contribution in [0.15, 0.2) is 23.6 Å². The van der Waals surface area contributed by atoms with Crippen LogP contribution >= 0.6 is 11.3 Å². The van der Waals surface area contributed by atoms with E-state index >= 15 is 0 Å². The Morgan fingerprint density at radius 2 is 2.29 bits per heavy atom. The lowest BCUT2D eigenvalue weighted by molar-refractivity contribution is 0.482. The number of rotatable bonds is 3. The molecule has 14 heavy (non-hydrogen) atoms. The van der Waals surface area contributed by atoms with Gasteiger partial charge >= 0.3 is 0 Å². The molecule has 1 heterocycles. The van der Waals surface area contributed by atoms with Crippen LogP contribution in [0.2, 0.25) is 0 Å². The molecular formula is C11H13NOS. The fourth-order valence-corrected chi connectivity index (χ4v) is 2.57. The van der Waals surface area contributed by atoms with E-state index in [1.807, 2.05) is 13.1 Å². The Morgan fingerprint density at radius 1 is 1.43 bits per heavy atom. The Balaban J connectivity index is 2.42. The molecule has 2 N–H and O–H groups in total. The maximum Gasteiger partial charge on any atom is 0.133 e. The first-order valence-corrected chi connectivity index (χ1v) is 5.53. The molecule has 1 aromatic heterocycles. The average molecular weight is 207 g/mol. The average Bonchev–Trinajstić information content (AvgIpc) is 2.60. The van der Waals surface area contributed by atoms with Gasteiger partial charge in [-0.1, -0.05) is 12.1 Å². The summed E-state index contributed by atoms with van der Waals surface area (Å²) in [6.07, 6.45) is 1.01. The highest BCUT2D eigenvalue weighted by Gasteiger charge is 2.05. The highest BCUT2D eigenvalue weighted by Crippen LogP contribution is 2.32. The van der Waals surface area contributed by atoms with Crippen molar-refractivity contribution in [1.29, 1.82) is 0 Å². The van der Waals surface area contributed by atoms with Gasteiger partial charge in [-0.2, -0.15) is 0 Å². The van der Waals surface area contributed by atoms with Gasteiger partial charge in [0.25, 0.3) is 0 Å². The molecule has 0 aliphatic heterocycles. The summed E-state index contributed by atoms with van der Waals surface area (Å²) in [5, 5.41) is 16.0. The topological polar surface area (TPSA) is 32.3 Å². The minimum atomic E-state index is 0.392. The Hall–Kier alpha value is -1.06. The highest BCUT2D eigenvalue weighted by molar-refractivity contribution is 7.17. The zero-order valence-electron chi connectivity index (χ0n) is 8.08. The van der Waals surface area contributed by atoms with Crippen LogP contribution in [0.4, 0.5) is 0 Å². The van der Waals surface area contributed by atoms with Crippen molar-refractivity contribution in [2.75, 3.05) is 13.6 Å². The minimum absolute atomic E-state index is 0.392. The largest absolute Gasteiger partial charge is 0.506 e. The summed E-state index contributed by atoms with van der Waals surface area (Å²) in [6.45, 7) is 0.974. The zero-order valence-corrected chi connectivity index (χ0v) is 8.90. The van der Waals surface area contributed by atoms with Crippen LogP contribution in [-0.4, -0.2) is 18.7 Å². The van der Waals surface area contributed by atoms with Crippen LogP contribution in [0.3, 0.4) is 0 Å². The molecule has 0 saturated carbocycles. The standard InChI is InChI=1S/C11H13NOS/c1-12-6-5-8-7-14-11-9(8)3-2-4-10(11)13/h2-4,7,12-13H,5-6H2,1H3. The number of hydrogen-bond acceptors (Lipinski definition) is 3. The lowest BCUT2D eigenvalue weighted by Gasteiger charge is -1.99. The maximum absolute atomic E-state index is 9.60. The van der Waals surface area contributed by atoms with Crippen LogP contribution in [-0.2, 0) is 6.42 Å². The van der Waals surface area contributed by atoms with Crippen LogP contribution in [0, 0.1) is 0 Å². The second-order valence-corrected chi connectivity index (χ2v) is 4.15. The molecule has 0 fully saturated rings. The highest BCUT2D eigenvalue weighted by atomic mass is 32.1. The van der Waals surface area contributed by atoms with E-state index in [2.05, 4.69) is 16.8 Å². The molecule has 2 aromatic rings. The zero-order chi connectivity index (χ0) is 9.97. The molecule has 0 radical (unpaired) electrons. The third-order valence-corrected chi connectivity index (χ3v) is 3.37. The van der Waals surface area contributed by atoms with Crippen molar-refractivity contribution in [1.82, 2.24) is 5.32 Å². The van der Waals surface area contributed by atoms with Gasteiger partial charge in [0.15, 0.2) is 0 Å². The van der Waals surface area contributed by atoms with Gasteiger partial charge in [-0.15, -0.1) is 11.3 Å². The quantitative estimate of drug-likeness (QED) is 0.810. The van der Waals surface area contributed by atoms with Gasteiger partial charge in [0, 0.05) is 0 Å². The predicted octanol–water partition coefficient (Wildman–Crippen LogP) is 2.37. The second-order valence-electron chi connectivity index (χ2n) is 3.27. The van der Waals surface area contributed by atoms with Crippen molar-refractivity contribution in [3.63, 3.8) is 0 Å². The summed E-state index contributed by atoms with van der Waals surface area (Å²) in [5.74, 6) is 0.392. The number of thiophene rings is 1. The first-order valence-electron chi connectivity index (χ1n) is 4.65. The van der Waals surface area contributed by atoms with E-state index in [1.165, 1.54) is 10.9 Å². The molecule has 0 aliphatic rings. The summed E-state index contributed by atoms with van der Waals surface area (Å²) < 4.78 is 0.999. The first-order chi connectivity index (χ1) is 6.83. The third-order valence-electron chi connectivity index (χ3n) is 2.30. The van der Waals surface area contributed by atoms with Gasteiger partial charge in [-0.3, -0.25) is 0 Å². The Morgan fingerprint density at radius 3 is 3.07 bits per heavy atom. The van der Waals surface area contributed by atoms with Crippen molar-refractivity contribution in [2.24, 2.45) is 0 Å². The molecule has 0 saturated heterocycles. The van der Waals surface area contributed by atoms with Gasteiger partial charge in [0.2, 0.25) is 0 Å². The third kappa shape index (κ3) is 1.61. The van der Waals surface area contributed by atoms with Crippen LogP contribution < -0.4 is 5.32 Å². The van der Waals surface area contributed by atoms with Gasteiger partial charge in [0.05, 0.1) is 4.70 Å². The number of hydrogen-bond donors (Lipinski definition) is 2. The lowest BCUT2D eigenvalue weighted by Crippen LogP contribution is -2.09. The van der Waals surface area contributed by atoms with Crippen molar-refractivity contribution < 1.29 is 5.11 Å². The molecule has 0 bridgehead atoms. The number of fused-ring (bicyclic) bond motifs is 1. The molecule has 0 unspecified atom stereocenters.